The molecule has 4 aromatic carbocycles. The lowest BCUT2D eigenvalue weighted by Gasteiger charge is -2.07. The predicted octanol–water partition coefficient (Wildman–Crippen LogP) is 7.09. The molecule has 0 saturated carbocycles. The molecule has 0 atom stereocenters. The predicted molar refractivity (Wildman–Crippen MR) is 123 cm³/mol. The monoisotopic (exact) mass is 458 g/mol. The molecule has 0 bridgehead atoms. The van der Waals surface area contributed by atoms with Crippen molar-refractivity contribution in [3.05, 3.63) is 91.0 Å². The van der Waals surface area contributed by atoms with Gasteiger partial charge in [-0.1, -0.05) is 60.7 Å². The van der Waals surface area contributed by atoms with Crippen LogP contribution in [-0.2, 0) is 0 Å². The summed E-state index contributed by atoms with van der Waals surface area (Å²) < 4.78 is 4.69. The van der Waals surface area contributed by atoms with E-state index < -0.39 is 0 Å². The van der Waals surface area contributed by atoms with Crippen LogP contribution in [0.3, 0.4) is 0 Å². The molecule has 0 fully saturated rings. The molecule has 6 aromatic rings. The van der Waals surface area contributed by atoms with Crippen LogP contribution in [0, 0.1) is 0 Å². The molecular formula is C24H15IN2. The Balaban J connectivity index is 1.92. The van der Waals surface area contributed by atoms with Crippen molar-refractivity contribution in [1.29, 1.82) is 0 Å². The lowest BCUT2D eigenvalue weighted by Crippen LogP contribution is -1.92. The molecule has 0 aliphatic rings. The van der Waals surface area contributed by atoms with Gasteiger partial charge in [-0.3, -0.25) is 2.78 Å². The molecule has 2 aromatic heterocycles. The van der Waals surface area contributed by atoms with Gasteiger partial charge in [0, 0.05) is 27.2 Å². The van der Waals surface area contributed by atoms with Crippen LogP contribution in [-0.4, -0.2) is 7.35 Å². The van der Waals surface area contributed by atoms with Crippen LogP contribution < -0.4 is 0 Å². The molecule has 128 valence electrons. The SMILES string of the molecule is In1c2ccccc2c2ccc3c(c4ccccc4n3-c3ccccc3)c21. The van der Waals surface area contributed by atoms with E-state index in [4.69, 9.17) is 0 Å². The van der Waals surface area contributed by atoms with Crippen LogP contribution in [0.25, 0.3) is 49.3 Å². The summed E-state index contributed by atoms with van der Waals surface area (Å²) in [6.45, 7) is 0. The molecule has 0 aliphatic carbocycles. The van der Waals surface area contributed by atoms with Crippen LogP contribution in [0.1, 0.15) is 0 Å². The van der Waals surface area contributed by atoms with Crippen molar-refractivity contribution in [2.75, 3.05) is 0 Å². The Morgan fingerprint density at radius 2 is 1.19 bits per heavy atom. The Morgan fingerprint density at radius 1 is 0.519 bits per heavy atom. The summed E-state index contributed by atoms with van der Waals surface area (Å²) in [5.41, 5.74) is 6.24. The number of fused-ring (bicyclic) bond motifs is 7. The van der Waals surface area contributed by atoms with Crippen LogP contribution in [0.15, 0.2) is 91.0 Å². The molecule has 6 rings (SSSR count). The Labute approximate surface area is 170 Å². The van der Waals surface area contributed by atoms with E-state index in [-0.39, 0.29) is 0 Å². The van der Waals surface area contributed by atoms with Gasteiger partial charge in [-0.15, -0.1) is 0 Å². The van der Waals surface area contributed by atoms with Gasteiger partial charge in [-0.05, 0) is 30.3 Å². The van der Waals surface area contributed by atoms with E-state index in [1.165, 1.54) is 49.3 Å². The molecule has 0 spiro atoms. The van der Waals surface area contributed by atoms with Crippen molar-refractivity contribution in [3.63, 3.8) is 0 Å². The van der Waals surface area contributed by atoms with Gasteiger partial charge in [0.1, 0.15) is 0 Å². The number of nitrogens with zero attached hydrogens (tertiary/aromatic N) is 2. The van der Waals surface area contributed by atoms with Crippen molar-refractivity contribution in [2.24, 2.45) is 0 Å². The minimum atomic E-state index is 1.19. The first-order chi connectivity index (χ1) is 13.3. The quantitative estimate of drug-likeness (QED) is 0.233. The third-order valence-corrected chi connectivity index (χ3v) is 6.43. The molecule has 0 amide bonds. The number of rotatable bonds is 1. The third kappa shape index (κ3) is 2.00. The first kappa shape index (κ1) is 15.3. The summed E-state index contributed by atoms with van der Waals surface area (Å²) in [4.78, 5) is 0. The lowest BCUT2D eigenvalue weighted by atomic mass is 10.1. The maximum atomic E-state index is 2.44. The van der Waals surface area contributed by atoms with E-state index >= 15 is 0 Å². The van der Waals surface area contributed by atoms with Gasteiger partial charge in [-0.25, -0.2) is 0 Å². The Morgan fingerprint density at radius 3 is 2.00 bits per heavy atom. The van der Waals surface area contributed by atoms with Crippen molar-refractivity contribution < 1.29 is 0 Å². The third-order valence-electron chi connectivity index (χ3n) is 5.43. The van der Waals surface area contributed by atoms with Crippen molar-refractivity contribution in [2.45, 2.75) is 0 Å². The van der Waals surface area contributed by atoms with E-state index in [1.807, 2.05) is 0 Å². The number of hydrogen-bond acceptors (Lipinski definition) is 0. The summed E-state index contributed by atoms with van der Waals surface area (Å²) in [6.07, 6.45) is 0. The van der Waals surface area contributed by atoms with E-state index in [9.17, 15) is 0 Å². The van der Waals surface area contributed by atoms with Gasteiger partial charge in [0.2, 0.25) is 0 Å². The second-order valence-corrected chi connectivity index (χ2v) is 7.81. The number of para-hydroxylation sites is 3. The van der Waals surface area contributed by atoms with E-state index in [1.54, 1.807) is 0 Å². The second kappa shape index (κ2) is 5.60. The molecule has 2 nitrogen and oxygen atoms in total. The standard InChI is InChI=1S/C24H15IN2/c25-27-21-13-7-4-10-17(21)18-14-15-22-23(24(18)27)19-11-5-6-12-20(19)26(22)16-8-2-1-3-9-16/h1-15H. The van der Waals surface area contributed by atoms with Gasteiger partial charge in [-0.2, -0.15) is 0 Å². The van der Waals surface area contributed by atoms with Crippen LogP contribution in [0.2, 0.25) is 0 Å². The van der Waals surface area contributed by atoms with E-state index in [2.05, 4.69) is 121 Å². The molecule has 0 aliphatic heterocycles. The van der Waals surface area contributed by atoms with E-state index in [0.29, 0.717) is 0 Å². The van der Waals surface area contributed by atoms with Crippen LogP contribution in [0.4, 0.5) is 0 Å². The molecule has 3 heteroatoms. The fourth-order valence-electron chi connectivity index (χ4n) is 4.31. The molecule has 27 heavy (non-hydrogen) atoms. The smallest absolute Gasteiger partial charge is 0.0690 e. The Bertz CT molecular complexity index is 1470. The zero-order valence-corrected chi connectivity index (χ0v) is 16.6. The van der Waals surface area contributed by atoms with Crippen LogP contribution >= 0.6 is 22.9 Å². The number of aromatic nitrogens is 2. The second-order valence-electron chi connectivity index (χ2n) is 6.84. The van der Waals surface area contributed by atoms with Crippen LogP contribution in [0.5, 0.6) is 0 Å². The average Bonchev–Trinajstić information content (AvgIpc) is 3.22. The van der Waals surface area contributed by atoms with Crippen molar-refractivity contribution in [3.8, 4) is 5.69 Å². The minimum Gasteiger partial charge on any atom is -0.309 e. The highest BCUT2D eigenvalue weighted by molar-refractivity contribution is 14.1. The molecule has 0 saturated heterocycles. The lowest BCUT2D eigenvalue weighted by molar-refractivity contribution is 1.18. The molecule has 0 unspecified atom stereocenters. The normalized spacial score (nSPS) is 11.9. The summed E-state index contributed by atoms with van der Waals surface area (Å²) in [5, 5.41) is 5.23. The highest BCUT2D eigenvalue weighted by Gasteiger charge is 2.18. The first-order valence-electron chi connectivity index (χ1n) is 9.01. The van der Waals surface area contributed by atoms with Gasteiger partial charge in [0.05, 0.1) is 44.9 Å². The highest BCUT2D eigenvalue weighted by Crippen LogP contribution is 2.41. The first-order valence-corrected chi connectivity index (χ1v) is 9.98. The van der Waals surface area contributed by atoms with Gasteiger partial charge >= 0.3 is 0 Å². The Kier molecular flexibility index (Phi) is 3.17. The van der Waals surface area contributed by atoms with Crippen molar-refractivity contribution >= 4 is 66.5 Å². The molecule has 2 heterocycles. The van der Waals surface area contributed by atoms with Gasteiger partial charge in [0.25, 0.3) is 0 Å². The topological polar surface area (TPSA) is 9.86 Å². The van der Waals surface area contributed by atoms with Gasteiger partial charge < -0.3 is 4.57 Å². The highest BCUT2D eigenvalue weighted by atomic mass is 127. The summed E-state index contributed by atoms with van der Waals surface area (Å²) in [5.74, 6) is 0. The zero-order chi connectivity index (χ0) is 18.0. The molecule has 0 radical (unpaired) electrons. The number of hydrogen-bond donors (Lipinski definition) is 0. The number of benzene rings is 4. The van der Waals surface area contributed by atoms with Crippen molar-refractivity contribution in [1.82, 2.24) is 7.35 Å². The summed E-state index contributed by atoms with van der Waals surface area (Å²) in [7, 11) is 0. The fraction of sp³-hybridized carbons (Fsp3) is 0. The maximum absolute atomic E-state index is 2.44. The molecule has 0 N–H and O–H groups in total. The fourth-order valence-corrected chi connectivity index (χ4v) is 5.23. The maximum Gasteiger partial charge on any atom is 0.0690 e. The summed E-state index contributed by atoms with van der Waals surface area (Å²) >= 11 is 2.44. The number of halogens is 1. The average molecular weight is 458 g/mol. The molecular weight excluding hydrogens is 443 g/mol. The minimum absolute atomic E-state index is 1.19. The largest absolute Gasteiger partial charge is 0.309 e. The zero-order valence-electron chi connectivity index (χ0n) is 14.4. The van der Waals surface area contributed by atoms with E-state index in [0.717, 1.165) is 0 Å². The van der Waals surface area contributed by atoms with Gasteiger partial charge in [0.15, 0.2) is 0 Å². The summed E-state index contributed by atoms with van der Waals surface area (Å²) in [6, 6.07) is 32.5. The Hall–Kier alpha value is -2.79.